The summed E-state index contributed by atoms with van der Waals surface area (Å²) in [7, 11) is 0. The molecule has 4 aromatic carbocycles. The summed E-state index contributed by atoms with van der Waals surface area (Å²) in [6.45, 7) is 0. The van der Waals surface area contributed by atoms with E-state index in [-0.39, 0.29) is 0 Å². The number of rotatable bonds is 3. The van der Waals surface area contributed by atoms with Gasteiger partial charge in [0.1, 0.15) is 0 Å². The summed E-state index contributed by atoms with van der Waals surface area (Å²) < 4.78 is 0. The van der Waals surface area contributed by atoms with Crippen molar-refractivity contribution in [3.63, 3.8) is 0 Å². The molecule has 0 spiro atoms. The molecule has 4 aromatic rings. The van der Waals surface area contributed by atoms with E-state index in [4.69, 9.17) is 17.2 Å². The summed E-state index contributed by atoms with van der Waals surface area (Å²) in [5.74, 6) is 0. The summed E-state index contributed by atoms with van der Waals surface area (Å²) in [4.78, 5) is 0. The molecule has 0 radical (unpaired) electrons. The van der Waals surface area contributed by atoms with Crippen molar-refractivity contribution in [2.45, 2.75) is 0 Å². The van der Waals surface area contributed by atoms with Crippen LogP contribution in [0, 0.1) is 0 Å². The van der Waals surface area contributed by atoms with E-state index < -0.39 is 0 Å². The van der Waals surface area contributed by atoms with Crippen LogP contribution in [0.15, 0.2) is 91.0 Å². The van der Waals surface area contributed by atoms with Crippen molar-refractivity contribution >= 4 is 17.1 Å². The number of hydrogen-bond acceptors (Lipinski definition) is 3. The zero-order chi connectivity index (χ0) is 18.8. The second-order valence-electron chi connectivity index (χ2n) is 6.56. The third kappa shape index (κ3) is 3.23. The molecule has 27 heavy (non-hydrogen) atoms. The molecule has 6 N–H and O–H groups in total. The predicted molar refractivity (Wildman–Crippen MR) is 116 cm³/mol. The van der Waals surface area contributed by atoms with Crippen LogP contribution in [0.5, 0.6) is 0 Å². The van der Waals surface area contributed by atoms with Gasteiger partial charge >= 0.3 is 0 Å². The van der Waals surface area contributed by atoms with Crippen LogP contribution >= 0.6 is 0 Å². The number of nitrogens with two attached hydrogens (primary N) is 3. The molecule has 0 unspecified atom stereocenters. The van der Waals surface area contributed by atoms with Gasteiger partial charge in [-0.3, -0.25) is 0 Å². The lowest BCUT2D eigenvalue weighted by Gasteiger charge is -2.17. The van der Waals surface area contributed by atoms with E-state index in [0.717, 1.165) is 50.4 Å². The van der Waals surface area contributed by atoms with Crippen LogP contribution < -0.4 is 17.2 Å². The minimum atomic E-state index is 0.740. The number of anilines is 3. The molecule has 3 heteroatoms. The average molecular weight is 351 g/mol. The van der Waals surface area contributed by atoms with E-state index in [1.807, 2.05) is 66.7 Å². The molecule has 0 aliphatic rings. The normalized spacial score (nSPS) is 10.7. The molecule has 0 fully saturated rings. The largest absolute Gasteiger partial charge is 0.399 e. The minimum absolute atomic E-state index is 0.740. The van der Waals surface area contributed by atoms with Crippen LogP contribution in [-0.2, 0) is 0 Å². The predicted octanol–water partition coefficient (Wildman–Crippen LogP) is 5.43. The number of nitrogen functional groups attached to an aromatic ring is 3. The highest BCUT2D eigenvalue weighted by Gasteiger charge is 2.15. The van der Waals surface area contributed by atoms with Gasteiger partial charge in [-0.2, -0.15) is 0 Å². The van der Waals surface area contributed by atoms with E-state index in [1.54, 1.807) is 0 Å². The molecule has 0 aliphatic carbocycles. The first-order valence-corrected chi connectivity index (χ1v) is 8.83. The molecule has 0 bridgehead atoms. The highest BCUT2D eigenvalue weighted by atomic mass is 14.6. The monoisotopic (exact) mass is 351 g/mol. The zero-order valence-electron chi connectivity index (χ0n) is 14.9. The van der Waals surface area contributed by atoms with Crippen molar-refractivity contribution in [2.75, 3.05) is 17.2 Å². The molecular formula is C24H21N3. The van der Waals surface area contributed by atoms with Gasteiger partial charge in [0.05, 0.1) is 0 Å². The Morgan fingerprint density at radius 2 is 0.926 bits per heavy atom. The van der Waals surface area contributed by atoms with Gasteiger partial charge in [0.2, 0.25) is 0 Å². The average Bonchev–Trinajstić information content (AvgIpc) is 2.69. The summed E-state index contributed by atoms with van der Waals surface area (Å²) in [5.41, 5.74) is 26.9. The van der Waals surface area contributed by atoms with Gasteiger partial charge in [0.25, 0.3) is 0 Å². The van der Waals surface area contributed by atoms with Gasteiger partial charge in [-0.25, -0.2) is 0 Å². The Morgan fingerprint density at radius 3 is 1.56 bits per heavy atom. The molecule has 3 nitrogen and oxygen atoms in total. The van der Waals surface area contributed by atoms with Gasteiger partial charge in [0, 0.05) is 22.6 Å². The van der Waals surface area contributed by atoms with Crippen LogP contribution in [0.3, 0.4) is 0 Å². The Balaban J connectivity index is 2.02. The smallest absolute Gasteiger partial charge is 0.0393 e. The first-order chi connectivity index (χ1) is 13.1. The minimum Gasteiger partial charge on any atom is -0.399 e. The summed E-state index contributed by atoms with van der Waals surface area (Å²) in [5, 5.41) is 0. The van der Waals surface area contributed by atoms with Gasteiger partial charge in [-0.15, -0.1) is 0 Å². The van der Waals surface area contributed by atoms with Crippen LogP contribution in [0.2, 0.25) is 0 Å². The molecule has 0 atom stereocenters. The van der Waals surface area contributed by atoms with Crippen molar-refractivity contribution in [3.8, 4) is 33.4 Å². The Hall–Kier alpha value is -3.72. The maximum absolute atomic E-state index is 6.30. The lowest BCUT2D eigenvalue weighted by atomic mass is 9.87. The molecule has 132 valence electrons. The first kappa shape index (κ1) is 16.7. The fourth-order valence-electron chi connectivity index (χ4n) is 3.38. The van der Waals surface area contributed by atoms with Crippen LogP contribution in [0.25, 0.3) is 33.4 Å². The number of hydrogen-bond donors (Lipinski definition) is 3. The van der Waals surface area contributed by atoms with E-state index in [0.29, 0.717) is 0 Å². The lowest BCUT2D eigenvalue weighted by Crippen LogP contribution is -1.95. The van der Waals surface area contributed by atoms with Gasteiger partial charge in [-0.05, 0) is 58.1 Å². The summed E-state index contributed by atoms with van der Waals surface area (Å²) in [6.07, 6.45) is 0. The first-order valence-electron chi connectivity index (χ1n) is 8.83. The molecule has 4 rings (SSSR count). The highest BCUT2D eigenvalue weighted by molar-refractivity contribution is 5.97. The fraction of sp³-hybridized carbons (Fsp3) is 0. The second-order valence-corrected chi connectivity index (χ2v) is 6.56. The Kier molecular flexibility index (Phi) is 4.27. The molecule has 0 heterocycles. The Labute approximate surface area is 159 Å². The molecular weight excluding hydrogens is 330 g/mol. The van der Waals surface area contributed by atoms with Gasteiger partial charge in [0.15, 0.2) is 0 Å². The third-order valence-corrected chi connectivity index (χ3v) is 4.74. The van der Waals surface area contributed by atoms with Gasteiger partial charge < -0.3 is 17.2 Å². The standard InChI is InChI=1S/C24H21N3/c25-18-12-8-16(9-13-18)20-5-3-6-22(21-4-1-2-7-23(21)27)24(20)17-10-14-19(26)15-11-17/h1-15H,25-27H2. The molecule has 0 aromatic heterocycles. The van der Waals surface area contributed by atoms with E-state index in [2.05, 4.69) is 24.3 Å². The van der Waals surface area contributed by atoms with E-state index in [1.165, 1.54) is 0 Å². The summed E-state index contributed by atoms with van der Waals surface area (Å²) in [6, 6.07) is 30.1. The topological polar surface area (TPSA) is 78.1 Å². The molecule has 0 saturated heterocycles. The quantitative estimate of drug-likeness (QED) is 0.430. The zero-order valence-corrected chi connectivity index (χ0v) is 14.9. The maximum atomic E-state index is 6.30. The molecule has 0 aliphatic heterocycles. The van der Waals surface area contributed by atoms with Crippen molar-refractivity contribution in [3.05, 3.63) is 91.0 Å². The van der Waals surface area contributed by atoms with Crippen LogP contribution in [0.1, 0.15) is 0 Å². The van der Waals surface area contributed by atoms with Crippen molar-refractivity contribution in [2.24, 2.45) is 0 Å². The van der Waals surface area contributed by atoms with Crippen molar-refractivity contribution < 1.29 is 0 Å². The second kappa shape index (κ2) is 6.89. The number of para-hydroxylation sites is 1. The van der Waals surface area contributed by atoms with Crippen molar-refractivity contribution in [1.29, 1.82) is 0 Å². The molecule has 0 saturated carbocycles. The van der Waals surface area contributed by atoms with Crippen LogP contribution in [0.4, 0.5) is 17.1 Å². The summed E-state index contributed by atoms with van der Waals surface area (Å²) >= 11 is 0. The van der Waals surface area contributed by atoms with Gasteiger partial charge in [-0.1, -0.05) is 60.7 Å². The molecule has 0 amide bonds. The maximum Gasteiger partial charge on any atom is 0.0393 e. The third-order valence-electron chi connectivity index (χ3n) is 4.74. The highest BCUT2D eigenvalue weighted by Crippen LogP contribution is 2.41. The van der Waals surface area contributed by atoms with E-state index in [9.17, 15) is 0 Å². The van der Waals surface area contributed by atoms with Crippen molar-refractivity contribution in [1.82, 2.24) is 0 Å². The Bertz CT molecular complexity index is 1080. The fourth-order valence-corrected chi connectivity index (χ4v) is 3.38. The Morgan fingerprint density at radius 1 is 0.407 bits per heavy atom. The SMILES string of the molecule is Nc1ccc(-c2cccc(-c3ccccc3N)c2-c2ccc(N)cc2)cc1. The van der Waals surface area contributed by atoms with Crippen LogP contribution in [-0.4, -0.2) is 0 Å². The number of benzene rings is 4. The lowest BCUT2D eigenvalue weighted by molar-refractivity contribution is 1.55. The van der Waals surface area contributed by atoms with E-state index >= 15 is 0 Å².